The molecule has 1 amide bonds. The van der Waals surface area contributed by atoms with E-state index < -0.39 is 6.09 Å². The van der Waals surface area contributed by atoms with Crippen LogP contribution in [0.3, 0.4) is 0 Å². The van der Waals surface area contributed by atoms with Gasteiger partial charge in [-0.25, -0.2) is 4.79 Å². The van der Waals surface area contributed by atoms with Gasteiger partial charge in [0.15, 0.2) is 0 Å². The van der Waals surface area contributed by atoms with E-state index in [-0.39, 0.29) is 0 Å². The third-order valence-corrected chi connectivity index (χ3v) is 2.03. The number of nitrogens with one attached hydrogen (secondary N) is 1. The van der Waals surface area contributed by atoms with Gasteiger partial charge in [-0.2, -0.15) is 0 Å². The molecule has 0 aliphatic heterocycles. The van der Waals surface area contributed by atoms with Crippen LogP contribution in [0, 0.1) is 0 Å². The van der Waals surface area contributed by atoms with E-state index in [4.69, 9.17) is 9.47 Å². The molecule has 0 saturated carbocycles. The number of amides is 1. The molecule has 0 aliphatic carbocycles. The lowest BCUT2D eigenvalue weighted by atomic mass is 10.2. The van der Waals surface area contributed by atoms with Crippen LogP contribution in [0.4, 0.5) is 4.79 Å². The molecule has 5 heteroatoms. The summed E-state index contributed by atoms with van der Waals surface area (Å²) in [6.07, 6.45) is -0.471. The Labute approximate surface area is 94.3 Å². The summed E-state index contributed by atoms with van der Waals surface area (Å²) in [5.74, 6) is 1.36. The largest absolute Gasteiger partial charge is 0.497 e. The molecule has 1 rings (SSSR count). The van der Waals surface area contributed by atoms with Crippen LogP contribution in [0.1, 0.15) is 5.56 Å². The highest BCUT2D eigenvalue weighted by Crippen LogP contribution is 2.22. The van der Waals surface area contributed by atoms with E-state index >= 15 is 0 Å². The van der Waals surface area contributed by atoms with Gasteiger partial charge in [-0.3, -0.25) is 0 Å². The minimum absolute atomic E-state index is 0.361. The van der Waals surface area contributed by atoms with Gasteiger partial charge in [0, 0.05) is 12.6 Å². The lowest BCUT2D eigenvalue weighted by Crippen LogP contribution is -2.22. The standard InChI is InChI=1S/C11H15NO4/c1-14-9-4-8(5-10(6-9)15-2)7-12-11(13)16-3/h4-6H,7H2,1-3H3,(H,12,13). The van der Waals surface area contributed by atoms with Crippen molar-refractivity contribution in [3.05, 3.63) is 23.8 Å². The molecule has 0 aliphatic rings. The SMILES string of the molecule is COC(=O)NCc1cc(OC)cc(OC)c1. The topological polar surface area (TPSA) is 56.8 Å². The molecule has 88 valence electrons. The van der Waals surface area contributed by atoms with Crippen LogP contribution < -0.4 is 14.8 Å². The maximum atomic E-state index is 10.9. The summed E-state index contributed by atoms with van der Waals surface area (Å²) < 4.78 is 14.7. The Bertz CT molecular complexity index is 343. The Morgan fingerprint density at radius 2 is 1.69 bits per heavy atom. The first-order chi connectivity index (χ1) is 7.69. The molecule has 0 spiro atoms. The quantitative estimate of drug-likeness (QED) is 0.844. The zero-order valence-corrected chi connectivity index (χ0v) is 9.57. The van der Waals surface area contributed by atoms with E-state index in [0.717, 1.165) is 5.56 Å². The summed E-state index contributed by atoms with van der Waals surface area (Å²) in [5.41, 5.74) is 0.876. The molecule has 0 aromatic heterocycles. The number of alkyl carbamates (subject to hydrolysis) is 1. The van der Waals surface area contributed by atoms with E-state index in [1.165, 1.54) is 7.11 Å². The van der Waals surface area contributed by atoms with Crippen LogP contribution in [0.25, 0.3) is 0 Å². The van der Waals surface area contributed by atoms with Gasteiger partial charge in [0.1, 0.15) is 11.5 Å². The Morgan fingerprint density at radius 1 is 1.12 bits per heavy atom. The van der Waals surface area contributed by atoms with Crippen LogP contribution in [0.5, 0.6) is 11.5 Å². The number of carbonyl (C=O) groups excluding carboxylic acids is 1. The van der Waals surface area contributed by atoms with Crippen molar-refractivity contribution in [1.29, 1.82) is 0 Å². The van der Waals surface area contributed by atoms with Crippen LogP contribution in [-0.4, -0.2) is 27.4 Å². The predicted molar refractivity (Wildman–Crippen MR) is 58.8 cm³/mol. The number of carbonyl (C=O) groups is 1. The molecule has 0 atom stereocenters. The third kappa shape index (κ3) is 3.34. The normalized spacial score (nSPS) is 9.44. The van der Waals surface area contributed by atoms with Crippen molar-refractivity contribution in [3.8, 4) is 11.5 Å². The maximum absolute atomic E-state index is 10.9. The van der Waals surface area contributed by atoms with Gasteiger partial charge >= 0.3 is 6.09 Å². The van der Waals surface area contributed by atoms with Gasteiger partial charge in [-0.15, -0.1) is 0 Å². The van der Waals surface area contributed by atoms with E-state index in [9.17, 15) is 4.79 Å². The van der Waals surface area contributed by atoms with Crippen LogP contribution in [-0.2, 0) is 11.3 Å². The maximum Gasteiger partial charge on any atom is 0.407 e. The third-order valence-electron chi connectivity index (χ3n) is 2.03. The van der Waals surface area contributed by atoms with Crippen molar-refractivity contribution in [2.75, 3.05) is 21.3 Å². The number of hydrogen-bond acceptors (Lipinski definition) is 4. The van der Waals surface area contributed by atoms with E-state index in [1.54, 1.807) is 20.3 Å². The molecule has 0 bridgehead atoms. The highest BCUT2D eigenvalue weighted by molar-refractivity contribution is 5.66. The first-order valence-corrected chi connectivity index (χ1v) is 4.73. The first kappa shape index (κ1) is 12.2. The van der Waals surface area contributed by atoms with Gasteiger partial charge in [0.25, 0.3) is 0 Å². The molecule has 0 saturated heterocycles. The number of ether oxygens (including phenoxy) is 3. The lowest BCUT2D eigenvalue weighted by molar-refractivity contribution is 0.170. The summed E-state index contributed by atoms with van der Waals surface area (Å²) in [4.78, 5) is 10.9. The first-order valence-electron chi connectivity index (χ1n) is 4.73. The average molecular weight is 225 g/mol. The number of hydrogen-bond donors (Lipinski definition) is 1. The van der Waals surface area contributed by atoms with Gasteiger partial charge < -0.3 is 19.5 Å². The Kier molecular flexibility index (Phi) is 4.44. The fourth-order valence-electron chi connectivity index (χ4n) is 1.21. The van der Waals surface area contributed by atoms with E-state index in [2.05, 4.69) is 10.1 Å². The molecule has 1 aromatic carbocycles. The second kappa shape index (κ2) is 5.85. The predicted octanol–water partition coefficient (Wildman–Crippen LogP) is 1.56. The molecule has 0 unspecified atom stereocenters. The number of rotatable bonds is 4. The highest BCUT2D eigenvalue weighted by atomic mass is 16.5. The zero-order valence-electron chi connectivity index (χ0n) is 9.57. The van der Waals surface area contributed by atoms with Gasteiger partial charge in [-0.05, 0) is 17.7 Å². The molecular formula is C11H15NO4. The summed E-state index contributed by atoms with van der Waals surface area (Å²) in [6, 6.07) is 5.40. The minimum Gasteiger partial charge on any atom is -0.497 e. The van der Waals surface area contributed by atoms with Crippen molar-refractivity contribution in [3.63, 3.8) is 0 Å². The Balaban J connectivity index is 2.74. The second-order valence-corrected chi connectivity index (χ2v) is 3.07. The van der Waals surface area contributed by atoms with Gasteiger partial charge in [0.05, 0.1) is 21.3 Å². The molecule has 1 aromatic rings. The van der Waals surface area contributed by atoms with E-state index in [1.807, 2.05) is 12.1 Å². The molecule has 0 radical (unpaired) electrons. The smallest absolute Gasteiger partial charge is 0.407 e. The molecule has 1 N–H and O–H groups in total. The monoisotopic (exact) mass is 225 g/mol. The molecular weight excluding hydrogens is 210 g/mol. The van der Waals surface area contributed by atoms with Crippen molar-refractivity contribution in [2.24, 2.45) is 0 Å². The number of methoxy groups -OCH3 is 3. The lowest BCUT2D eigenvalue weighted by Gasteiger charge is -2.08. The van der Waals surface area contributed by atoms with Crippen LogP contribution in [0.2, 0.25) is 0 Å². The average Bonchev–Trinajstić information content (AvgIpc) is 2.35. The summed E-state index contributed by atoms with van der Waals surface area (Å²) in [7, 11) is 4.47. The molecule has 16 heavy (non-hydrogen) atoms. The van der Waals surface area contributed by atoms with Crippen molar-refractivity contribution < 1.29 is 19.0 Å². The minimum atomic E-state index is -0.471. The van der Waals surface area contributed by atoms with Crippen LogP contribution in [0.15, 0.2) is 18.2 Å². The zero-order chi connectivity index (χ0) is 12.0. The van der Waals surface area contributed by atoms with E-state index in [0.29, 0.717) is 18.0 Å². The fraction of sp³-hybridized carbons (Fsp3) is 0.364. The number of benzene rings is 1. The van der Waals surface area contributed by atoms with Crippen molar-refractivity contribution in [1.82, 2.24) is 5.32 Å². The molecule has 0 heterocycles. The summed E-state index contributed by atoms with van der Waals surface area (Å²) in [6.45, 7) is 0.361. The second-order valence-electron chi connectivity index (χ2n) is 3.07. The Hall–Kier alpha value is -1.91. The van der Waals surface area contributed by atoms with Gasteiger partial charge in [0.2, 0.25) is 0 Å². The van der Waals surface area contributed by atoms with Gasteiger partial charge in [-0.1, -0.05) is 0 Å². The summed E-state index contributed by atoms with van der Waals surface area (Å²) in [5, 5.41) is 2.58. The molecule has 5 nitrogen and oxygen atoms in total. The Morgan fingerprint density at radius 3 is 2.12 bits per heavy atom. The summed E-state index contributed by atoms with van der Waals surface area (Å²) >= 11 is 0. The van der Waals surface area contributed by atoms with Crippen LogP contribution >= 0.6 is 0 Å². The fourth-order valence-corrected chi connectivity index (χ4v) is 1.21. The molecule has 0 fully saturated rings. The van der Waals surface area contributed by atoms with Crippen molar-refractivity contribution >= 4 is 6.09 Å². The van der Waals surface area contributed by atoms with Crippen molar-refractivity contribution in [2.45, 2.75) is 6.54 Å². The highest BCUT2D eigenvalue weighted by Gasteiger charge is 2.03.